The fourth-order valence-corrected chi connectivity index (χ4v) is 1.03. The Morgan fingerprint density at radius 1 is 1.54 bits per heavy atom. The van der Waals surface area contributed by atoms with Crippen molar-refractivity contribution in [2.75, 3.05) is 0 Å². The lowest BCUT2D eigenvalue weighted by Gasteiger charge is -2.00. The van der Waals surface area contributed by atoms with Crippen LogP contribution in [-0.4, -0.2) is 12.3 Å². The number of hydrogen-bond donors (Lipinski definition) is 1. The maximum absolute atomic E-state index is 9.81. The number of nitrogens with zero attached hydrogens (tertiary/aromatic N) is 1. The minimum atomic E-state index is 0.0673. The summed E-state index contributed by atoms with van der Waals surface area (Å²) in [5.41, 5.74) is 6.00. The highest BCUT2D eigenvalue weighted by molar-refractivity contribution is 6.34. The van der Waals surface area contributed by atoms with Gasteiger partial charge < -0.3 is 10.6 Å². The Kier molecular flexibility index (Phi) is 3.28. The Labute approximate surface area is 79.9 Å². The molecular formula is C8H7ClN2O2. The van der Waals surface area contributed by atoms with Gasteiger partial charge in [-0.05, 0) is 12.1 Å². The minimum absolute atomic E-state index is 0.0673. The largest absolute Gasteiger partial charge is 0.380 e. The predicted molar refractivity (Wildman–Crippen MR) is 49.3 cm³/mol. The van der Waals surface area contributed by atoms with Crippen molar-refractivity contribution in [1.29, 1.82) is 0 Å². The number of rotatable bonds is 3. The van der Waals surface area contributed by atoms with Gasteiger partial charge in [-0.2, -0.15) is 0 Å². The summed E-state index contributed by atoms with van der Waals surface area (Å²) < 4.78 is 0. The lowest BCUT2D eigenvalue weighted by atomic mass is 10.2. The zero-order chi connectivity index (χ0) is 9.68. The van der Waals surface area contributed by atoms with Gasteiger partial charge in [0.25, 0.3) is 0 Å². The maximum atomic E-state index is 9.81. The van der Waals surface area contributed by atoms with E-state index in [2.05, 4.69) is 9.99 Å². The Hall–Kier alpha value is -1.55. The summed E-state index contributed by atoms with van der Waals surface area (Å²) in [5, 5.41) is 3.77. The monoisotopic (exact) mass is 198 g/mol. The molecule has 1 aromatic carbocycles. The molecule has 0 heterocycles. The topological polar surface area (TPSA) is 64.7 Å². The van der Waals surface area contributed by atoms with E-state index in [-0.39, 0.29) is 12.3 Å². The van der Waals surface area contributed by atoms with E-state index in [1.54, 1.807) is 24.3 Å². The van der Waals surface area contributed by atoms with Gasteiger partial charge in [0.05, 0.1) is 5.02 Å². The Morgan fingerprint density at radius 3 is 2.85 bits per heavy atom. The number of carbonyl (C=O) groups is 1. The molecule has 0 bridgehead atoms. The smallest absolute Gasteiger partial charge is 0.323 e. The zero-order valence-electron chi connectivity index (χ0n) is 6.61. The van der Waals surface area contributed by atoms with Gasteiger partial charge >= 0.3 is 6.47 Å². The molecule has 0 unspecified atom stereocenters. The molecule has 5 heteroatoms. The van der Waals surface area contributed by atoms with Crippen molar-refractivity contribution in [2.24, 2.45) is 10.9 Å². The van der Waals surface area contributed by atoms with Gasteiger partial charge in [-0.3, -0.25) is 4.79 Å². The van der Waals surface area contributed by atoms with Crippen molar-refractivity contribution in [2.45, 2.75) is 0 Å². The molecule has 0 radical (unpaired) electrons. The minimum Gasteiger partial charge on any atom is -0.380 e. The molecule has 0 aliphatic heterocycles. The van der Waals surface area contributed by atoms with Crippen LogP contribution in [-0.2, 0) is 9.63 Å². The molecule has 1 rings (SSSR count). The van der Waals surface area contributed by atoms with Crippen LogP contribution in [0.3, 0.4) is 0 Å². The first-order valence-electron chi connectivity index (χ1n) is 3.43. The number of benzene rings is 1. The van der Waals surface area contributed by atoms with E-state index >= 15 is 0 Å². The molecule has 0 fully saturated rings. The molecule has 0 atom stereocenters. The molecule has 0 aliphatic carbocycles. The summed E-state index contributed by atoms with van der Waals surface area (Å²) in [6.07, 6.45) is 0. The highest BCUT2D eigenvalue weighted by Crippen LogP contribution is 2.14. The Balaban J connectivity index is 2.94. The van der Waals surface area contributed by atoms with Crippen molar-refractivity contribution < 1.29 is 9.63 Å². The van der Waals surface area contributed by atoms with Gasteiger partial charge in [-0.1, -0.05) is 28.9 Å². The third-order valence-electron chi connectivity index (χ3n) is 1.34. The van der Waals surface area contributed by atoms with Crippen molar-refractivity contribution in [3.05, 3.63) is 34.9 Å². The number of hydrogen-bond acceptors (Lipinski definition) is 3. The number of halogens is 1. The average Bonchev–Trinajstić information content (AvgIpc) is 2.15. The third kappa shape index (κ3) is 2.45. The lowest BCUT2D eigenvalue weighted by molar-refractivity contribution is -0.128. The van der Waals surface area contributed by atoms with Crippen LogP contribution in [0.1, 0.15) is 5.56 Å². The molecule has 2 N–H and O–H groups in total. The first-order valence-corrected chi connectivity index (χ1v) is 3.81. The van der Waals surface area contributed by atoms with Crippen molar-refractivity contribution in [1.82, 2.24) is 0 Å². The number of nitrogens with two attached hydrogens (primary N) is 1. The second kappa shape index (κ2) is 4.47. The van der Waals surface area contributed by atoms with Crippen LogP contribution < -0.4 is 5.73 Å². The van der Waals surface area contributed by atoms with Gasteiger partial charge in [-0.25, -0.2) is 0 Å². The highest BCUT2D eigenvalue weighted by Gasteiger charge is 2.02. The van der Waals surface area contributed by atoms with E-state index in [0.717, 1.165) is 0 Å². The highest BCUT2D eigenvalue weighted by atomic mass is 35.5. The van der Waals surface area contributed by atoms with Crippen LogP contribution in [0.2, 0.25) is 5.02 Å². The normalized spacial score (nSPS) is 11.0. The van der Waals surface area contributed by atoms with Crippen molar-refractivity contribution in [3.63, 3.8) is 0 Å². The lowest BCUT2D eigenvalue weighted by Crippen LogP contribution is -2.14. The Bertz CT molecular complexity index is 339. The van der Waals surface area contributed by atoms with E-state index in [9.17, 15) is 4.79 Å². The quantitative estimate of drug-likeness (QED) is 0.260. The van der Waals surface area contributed by atoms with Gasteiger partial charge in [-0.15, -0.1) is 0 Å². The van der Waals surface area contributed by atoms with Crippen LogP contribution in [0.5, 0.6) is 0 Å². The molecule has 0 aliphatic rings. The van der Waals surface area contributed by atoms with Crippen LogP contribution in [0.25, 0.3) is 0 Å². The van der Waals surface area contributed by atoms with Crippen molar-refractivity contribution in [3.8, 4) is 0 Å². The average molecular weight is 199 g/mol. The van der Waals surface area contributed by atoms with Crippen LogP contribution in [0, 0.1) is 0 Å². The van der Waals surface area contributed by atoms with Gasteiger partial charge in [0.1, 0.15) is 0 Å². The number of amidine groups is 1. The second-order valence-electron chi connectivity index (χ2n) is 2.16. The standard InChI is InChI=1S/C8H7ClN2O2/c9-7-4-2-1-3-6(7)8(10)11-13-5-12/h1-5H,(H2,10,11). The first kappa shape index (κ1) is 9.54. The molecule has 0 amide bonds. The Morgan fingerprint density at radius 2 is 2.23 bits per heavy atom. The van der Waals surface area contributed by atoms with Gasteiger partial charge in [0, 0.05) is 5.56 Å². The van der Waals surface area contributed by atoms with Crippen LogP contribution in [0.15, 0.2) is 29.4 Å². The molecule has 0 spiro atoms. The summed E-state index contributed by atoms with van der Waals surface area (Å²) in [6, 6.07) is 6.86. The number of oxime groups is 1. The summed E-state index contributed by atoms with van der Waals surface area (Å²) >= 11 is 5.79. The summed E-state index contributed by atoms with van der Waals surface area (Å²) in [5.74, 6) is 0.0673. The van der Waals surface area contributed by atoms with Crippen molar-refractivity contribution >= 4 is 23.9 Å². The fourth-order valence-electron chi connectivity index (χ4n) is 0.796. The van der Waals surface area contributed by atoms with Gasteiger partial charge in [0.2, 0.25) is 0 Å². The molecule has 0 saturated heterocycles. The third-order valence-corrected chi connectivity index (χ3v) is 1.67. The predicted octanol–water partition coefficient (Wildman–Crippen LogP) is 1.13. The van der Waals surface area contributed by atoms with Gasteiger partial charge in [0.15, 0.2) is 5.84 Å². The molecule has 68 valence electrons. The molecular weight excluding hydrogens is 192 g/mol. The zero-order valence-corrected chi connectivity index (χ0v) is 7.36. The summed E-state index contributed by atoms with van der Waals surface area (Å²) in [6.45, 7) is 0.184. The SMILES string of the molecule is N/C(=N\OC=O)c1ccccc1Cl. The second-order valence-corrected chi connectivity index (χ2v) is 2.57. The van der Waals surface area contributed by atoms with E-state index in [0.29, 0.717) is 10.6 Å². The fraction of sp³-hybridized carbons (Fsp3) is 0. The molecule has 13 heavy (non-hydrogen) atoms. The molecule has 1 aromatic rings. The molecule has 4 nitrogen and oxygen atoms in total. The van der Waals surface area contributed by atoms with E-state index in [4.69, 9.17) is 17.3 Å². The molecule has 0 saturated carbocycles. The number of carbonyl (C=O) groups excluding carboxylic acids is 1. The van der Waals surface area contributed by atoms with E-state index in [1.165, 1.54) is 0 Å². The van der Waals surface area contributed by atoms with Crippen LogP contribution >= 0.6 is 11.6 Å². The molecule has 0 aromatic heterocycles. The first-order chi connectivity index (χ1) is 6.25. The maximum Gasteiger partial charge on any atom is 0.323 e. The van der Waals surface area contributed by atoms with E-state index < -0.39 is 0 Å². The summed E-state index contributed by atoms with van der Waals surface area (Å²) in [7, 11) is 0. The van der Waals surface area contributed by atoms with Crippen LogP contribution in [0.4, 0.5) is 0 Å². The summed E-state index contributed by atoms with van der Waals surface area (Å²) in [4.78, 5) is 13.9. The van der Waals surface area contributed by atoms with E-state index in [1.807, 2.05) is 0 Å².